The van der Waals surface area contributed by atoms with E-state index in [1.54, 1.807) is 41.2 Å². The highest BCUT2D eigenvalue weighted by Crippen LogP contribution is 2.34. The number of pyridine rings is 1. The van der Waals surface area contributed by atoms with Crippen molar-refractivity contribution in [3.8, 4) is 17.1 Å². The van der Waals surface area contributed by atoms with Crippen LogP contribution in [0.3, 0.4) is 0 Å². The maximum Gasteiger partial charge on any atom is 0.214 e. The minimum absolute atomic E-state index is 0.193. The zero-order chi connectivity index (χ0) is 19.3. The number of fused-ring (bicyclic) bond motifs is 2. The van der Waals surface area contributed by atoms with E-state index in [9.17, 15) is 9.59 Å². The van der Waals surface area contributed by atoms with E-state index < -0.39 is 0 Å². The van der Waals surface area contributed by atoms with Crippen LogP contribution in [0, 0.1) is 6.92 Å². The van der Waals surface area contributed by atoms with Crippen LogP contribution in [0.2, 0.25) is 0 Å². The molecule has 0 amide bonds. The topological polar surface area (TPSA) is 64.8 Å². The Morgan fingerprint density at radius 1 is 0.786 bits per heavy atom. The molecule has 0 saturated carbocycles. The Balaban J connectivity index is 1.88. The van der Waals surface area contributed by atoms with Gasteiger partial charge in [-0.1, -0.05) is 42.5 Å². The van der Waals surface area contributed by atoms with Crippen molar-refractivity contribution in [1.29, 1.82) is 0 Å². The van der Waals surface area contributed by atoms with Crippen molar-refractivity contribution in [2.24, 2.45) is 0 Å². The lowest BCUT2D eigenvalue weighted by Crippen LogP contribution is -2.23. The first-order valence-corrected chi connectivity index (χ1v) is 8.94. The molecule has 4 aromatic rings. The van der Waals surface area contributed by atoms with Gasteiger partial charge in [-0.3, -0.25) is 19.1 Å². The Bertz CT molecular complexity index is 1260. The molecule has 0 unspecified atom stereocenters. The summed E-state index contributed by atoms with van der Waals surface area (Å²) in [4.78, 5) is 35.2. The molecular formula is C23H15N3O2. The molecular weight excluding hydrogens is 350 g/mol. The number of aryl methyl sites for hydroxylation is 1. The number of aromatic nitrogens is 3. The third-order valence-corrected chi connectivity index (χ3v) is 5.02. The summed E-state index contributed by atoms with van der Waals surface area (Å²) in [7, 11) is 0. The average molecular weight is 365 g/mol. The summed E-state index contributed by atoms with van der Waals surface area (Å²) in [5, 5.41) is 0. The van der Waals surface area contributed by atoms with Crippen molar-refractivity contribution in [2.45, 2.75) is 6.92 Å². The Labute approximate surface area is 161 Å². The van der Waals surface area contributed by atoms with E-state index >= 15 is 0 Å². The third-order valence-electron chi connectivity index (χ3n) is 5.02. The number of carbonyl (C=O) groups excluding carboxylic acids is 2. The predicted octanol–water partition coefficient (Wildman–Crippen LogP) is 4.02. The van der Waals surface area contributed by atoms with E-state index in [0.29, 0.717) is 22.6 Å². The van der Waals surface area contributed by atoms with Crippen LogP contribution in [0.25, 0.3) is 17.1 Å². The summed E-state index contributed by atoms with van der Waals surface area (Å²) in [6.07, 6.45) is 3.34. The number of benzene rings is 2. The highest BCUT2D eigenvalue weighted by molar-refractivity contribution is 6.27. The normalized spacial score (nSPS) is 12.6. The smallest absolute Gasteiger partial charge is 0.214 e. The van der Waals surface area contributed by atoms with Gasteiger partial charge < -0.3 is 0 Å². The summed E-state index contributed by atoms with van der Waals surface area (Å²) >= 11 is 0. The van der Waals surface area contributed by atoms with Crippen LogP contribution in [0.5, 0.6) is 0 Å². The number of imidazole rings is 1. The van der Waals surface area contributed by atoms with E-state index in [4.69, 9.17) is 0 Å². The van der Waals surface area contributed by atoms with Gasteiger partial charge in [-0.15, -0.1) is 0 Å². The van der Waals surface area contributed by atoms with Gasteiger partial charge in [0.2, 0.25) is 11.6 Å². The zero-order valence-electron chi connectivity index (χ0n) is 15.1. The van der Waals surface area contributed by atoms with Gasteiger partial charge in [0.1, 0.15) is 17.2 Å². The van der Waals surface area contributed by atoms with Crippen LogP contribution in [-0.4, -0.2) is 26.1 Å². The predicted molar refractivity (Wildman–Crippen MR) is 105 cm³/mol. The zero-order valence-corrected chi connectivity index (χ0v) is 15.1. The molecule has 0 saturated heterocycles. The van der Waals surface area contributed by atoms with Crippen LogP contribution in [0.4, 0.5) is 0 Å². The lowest BCUT2D eigenvalue weighted by atomic mass is 9.90. The molecule has 0 fully saturated rings. The van der Waals surface area contributed by atoms with Crippen LogP contribution in [-0.2, 0) is 0 Å². The largest absolute Gasteiger partial charge is 0.288 e. The molecule has 5 nitrogen and oxygen atoms in total. The van der Waals surface area contributed by atoms with Gasteiger partial charge in [-0.25, -0.2) is 4.98 Å². The molecule has 2 aromatic carbocycles. The fourth-order valence-electron chi connectivity index (χ4n) is 3.67. The van der Waals surface area contributed by atoms with Crippen molar-refractivity contribution in [1.82, 2.24) is 14.5 Å². The summed E-state index contributed by atoms with van der Waals surface area (Å²) in [6.45, 7) is 1.97. The van der Waals surface area contributed by atoms with Crippen molar-refractivity contribution in [3.05, 3.63) is 101 Å². The third kappa shape index (κ3) is 2.26. The first-order valence-electron chi connectivity index (χ1n) is 8.94. The number of ketones is 2. The maximum absolute atomic E-state index is 13.4. The first-order chi connectivity index (χ1) is 13.7. The molecule has 2 aromatic heterocycles. The number of hydrogen-bond acceptors (Lipinski definition) is 4. The number of nitrogens with zero attached hydrogens (tertiary/aromatic N) is 3. The Kier molecular flexibility index (Phi) is 3.55. The number of hydrogen-bond donors (Lipinski definition) is 0. The van der Waals surface area contributed by atoms with Crippen LogP contribution in [0.15, 0.2) is 73.1 Å². The van der Waals surface area contributed by atoms with Gasteiger partial charge in [0.15, 0.2) is 0 Å². The molecule has 28 heavy (non-hydrogen) atoms. The molecule has 1 aliphatic carbocycles. The quantitative estimate of drug-likeness (QED) is 0.474. The van der Waals surface area contributed by atoms with E-state index in [1.165, 1.54) is 0 Å². The Morgan fingerprint density at radius 3 is 2.14 bits per heavy atom. The molecule has 0 N–H and O–H groups in total. The lowest BCUT2D eigenvalue weighted by molar-refractivity contribution is 0.0972. The molecule has 134 valence electrons. The number of rotatable bonds is 2. The van der Waals surface area contributed by atoms with Gasteiger partial charge in [0, 0.05) is 29.1 Å². The van der Waals surface area contributed by atoms with Crippen LogP contribution >= 0.6 is 0 Å². The standard InChI is InChI=1S/C23H15N3O2/c1-14-6-2-5-9-18(14)26-20-19(25-23(26)15-10-12-24-13-11-15)21(27)16-7-3-4-8-17(16)22(20)28/h2-13H,1H3. The van der Waals surface area contributed by atoms with E-state index in [0.717, 1.165) is 16.8 Å². The summed E-state index contributed by atoms with van der Waals surface area (Å²) in [5.41, 5.74) is 3.91. The van der Waals surface area contributed by atoms with Gasteiger partial charge in [-0.05, 0) is 30.7 Å². The molecule has 0 radical (unpaired) electrons. The second kappa shape index (κ2) is 6.09. The highest BCUT2D eigenvalue weighted by atomic mass is 16.1. The number of carbonyl (C=O) groups is 2. The van der Waals surface area contributed by atoms with Crippen molar-refractivity contribution >= 4 is 11.6 Å². The van der Waals surface area contributed by atoms with Crippen molar-refractivity contribution < 1.29 is 9.59 Å². The lowest BCUT2D eigenvalue weighted by Gasteiger charge is -2.17. The summed E-state index contributed by atoms with van der Waals surface area (Å²) in [6, 6.07) is 18.3. The van der Waals surface area contributed by atoms with Gasteiger partial charge in [0.05, 0.1) is 5.69 Å². The minimum atomic E-state index is -0.229. The molecule has 0 atom stereocenters. The first kappa shape index (κ1) is 16.3. The SMILES string of the molecule is Cc1ccccc1-n1c(-c2ccncc2)nc2c1C(=O)c1ccccc1C2=O. The highest BCUT2D eigenvalue weighted by Gasteiger charge is 2.36. The van der Waals surface area contributed by atoms with Gasteiger partial charge >= 0.3 is 0 Å². The fourth-order valence-corrected chi connectivity index (χ4v) is 3.67. The second-order valence-electron chi connectivity index (χ2n) is 6.69. The second-order valence-corrected chi connectivity index (χ2v) is 6.69. The van der Waals surface area contributed by atoms with E-state index in [-0.39, 0.29) is 17.3 Å². The minimum Gasteiger partial charge on any atom is -0.288 e. The molecule has 0 bridgehead atoms. The Hall–Kier alpha value is -3.86. The molecule has 5 rings (SSSR count). The molecule has 0 aliphatic heterocycles. The molecule has 1 aliphatic rings. The van der Waals surface area contributed by atoms with E-state index in [1.807, 2.05) is 43.3 Å². The Morgan fingerprint density at radius 2 is 1.43 bits per heavy atom. The fraction of sp³-hybridized carbons (Fsp3) is 0.0435. The number of para-hydroxylation sites is 1. The molecule has 0 spiro atoms. The summed E-state index contributed by atoms with van der Waals surface area (Å²) in [5.74, 6) is 0.130. The molecule has 2 heterocycles. The van der Waals surface area contributed by atoms with Crippen molar-refractivity contribution in [2.75, 3.05) is 0 Å². The van der Waals surface area contributed by atoms with Gasteiger partial charge in [0.25, 0.3) is 0 Å². The van der Waals surface area contributed by atoms with E-state index in [2.05, 4.69) is 9.97 Å². The summed E-state index contributed by atoms with van der Waals surface area (Å²) < 4.78 is 1.80. The average Bonchev–Trinajstić information content (AvgIpc) is 3.14. The monoisotopic (exact) mass is 365 g/mol. The van der Waals surface area contributed by atoms with Crippen LogP contribution < -0.4 is 0 Å². The van der Waals surface area contributed by atoms with Crippen molar-refractivity contribution in [3.63, 3.8) is 0 Å². The molecule has 5 heteroatoms. The maximum atomic E-state index is 13.4. The van der Waals surface area contributed by atoms with Crippen LogP contribution in [0.1, 0.15) is 37.7 Å². The van der Waals surface area contributed by atoms with Gasteiger partial charge in [-0.2, -0.15) is 0 Å².